The molecule has 3 rings (SSSR count). The van der Waals surface area contributed by atoms with Gasteiger partial charge in [-0.3, -0.25) is 9.59 Å². The SMILES string of the molecule is CCN(Cc1ccccc1)C(=O)C1CC1C(=O)NCc1ccccc1. The van der Waals surface area contributed by atoms with Crippen LogP contribution in [0.25, 0.3) is 0 Å². The molecule has 1 aliphatic carbocycles. The maximum Gasteiger partial charge on any atom is 0.226 e. The Morgan fingerprint density at radius 3 is 2.16 bits per heavy atom. The van der Waals surface area contributed by atoms with Crippen LogP contribution in [0, 0.1) is 11.8 Å². The van der Waals surface area contributed by atoms with Gasteiger partial charge in [0.05, 0.1) is 11.8 Å². The van der Waals surface area contributed by atoms with Crippen LogP contribution in [0.1, 0.15) is 24.5 Å². The Morgan fingerprint density at radius 1 is 0.960 bits per heavy atom. The molecule has 0 heterocycles. The molecule has 0 aliphatic heterocycles. The van der Waals surface area contributed by atoms with Crippen LogP contribution in [0.2, 0.25) is 0 Å². The third-order valence-corrected chi connectivity index (χ3v) is 4.66. The fraction of sp³-hybridized carbons (Fsp3) is 0.333. The van der Waals surface area contributed by atoms with E-state index in [1.54, 1.807) is 0 Å². The molecule has 25 heavy (non-hydrogen) atoms. The van der Waals surface area contributed by atoms with Crippen LogP contribution < -0.4 is 5.32 Å². The van der Waals surface area contributed by atoms with E-state index in [-0.39, 0.29) is 23.7 Å². The highest BCUT2D eigenvalue weighted by atomic mass is 16.2. The van der Waals surface area contributed by atoms with Gasteiger partial charge in [-0.1, -0.05) is 60.7 Å². The molecule has 1 aliphatic rings. The quantitative estimate of drug-likeness (QED) is 0.845. The smallest absolute Gasteiger partial charge is 0.226 e. The Kier molecular flexibility index (Phi) is 5.49. The Balaban J connectivity index is 1.51. The second kappa shape index (κ2) is 7.97. The van der Waals surface area contributed by atoms with E-state index in [9.17, 15) is 9.59 Å². The van der Waals surface area contributed by atoms with Crippen molar-refractivity contribution < 1.29 is 9.59 Å². The molecule has 0 bridgehead atoms. The lowest BCUT2D eigenvalue weighted by Gasteiger charge is -2.21. The summed E-state index contributed by atoms with van der Waals surface area (Å²) in [6, 6.07) is 19.8. The van der Waals surface area contributed by atoms with Gasteiger partial charge in [0.15, 0.2) is 0 Å². The fourth-order valence-electron chi connectivity index (χ4n) is 3.06. The van der Waals surface area contributed by atoms with Crippen LogP contribution in [0.4, 0.5) is 0 Å². The number of amides is 2. The van der Waals surface area contributed by atoms with Crippen molar-refractivity contribution in [2.45, 2.75) is 26.4 Å². The first-order valence-electron chi connectivity index (χ1n) is 8.83. The van der Waals surface area contributed by atoms with Gasteiger partial charge in [0.1, 0.15) is 0 Å². The first-order chi connectivity index (χ1) is 12.2. The molecule has 0 aromatic heterocycles. The standard InChI is InChI=1S/C21H24N2O2/c1-2-23(15-17-11-7-4-8-12-17)21(25)19-13-18(19)20(24)22-14-16-9-5-3-6-10-16/h3-12,18-19H,2,13-15H2,1H3,(H,22,24). The Morgan fingerprint density at radius 2 is 1.56 bits per heavy atom. The first-order valence-corrected chi connectivity index (χ1v) is 8.83. The van der Waals surface area contributed by atoms with E-state index in [1.807, 2.05) is 72.5 Å². The van der Waals surface area contributed by atoms with E-state index in [1.165, 1.54) is 0 Å². The van der Waals surface area contributed by atoms with E-state index in [2.05, 4.69) is 5.32 Å². The zero-order chi connectivity index (χ0) is 17.6. The molecule has 2 aromatic rings. The Labute approximate surface area is 148 Å². The molecule has 4 nitrogen and oxygen atoms in total. The number of carbonyl (C=O) groups is 2. The number of nitrogens with zero attached hydrogens (tertiary/aromatic N) is 1. The third kappa shape index (κ3) is 4.47. The van der Waals surface area contributed by atoms with Gasteiger partial charge in [-0.25, -0.2) is 0 Å². The van der Waals surface area contributed by atoms with Crippen LogP contribution in [0.5, 0.6) is 0 Å². The van der Waals surface area contributed by atoms with Crippen molar-refractivity contribution in [3.8, 4) is 0 Å². The van der Waals surface area contributed by atoms with Crippen molar-refractivity contribution in [2.24, 2.45) is 11.8 Å². The highest BCUT2D eigenvalue weighted by molar-refractivity contribution is 5.92. The molecule has 2 aromatic carbocycles. The van der Waals surface area contributed by atoms with Crippen molar-refractivity contribution in [2.75, 3.05) is 6.54 Å². The summed E-state index contributed by atoms with van der Waals surface area (Å²) in [5, 5.41) is 2.94. The van der Waals surface area contributed by atoms with Crippen LogP contribution >= 0.6 is 0 Å². The predicted molar refractivity (Wildman–Crippen MR) is 97.4 cm³/mol. The number of hydrogen-bond donors (Lipinski definition) is 1. The Bertz CT molecular complexity index is 715. The summed E-state index contributed by atoms with van der Waals surface area (Å²) in [4.78, 5) is 26.8. The third-order valence-electron chi connectivity index (χ3n) is 4.66. The monoisotopic (exact) mass is 336 g/mol. The summed E-state index contributed by atoms with van der Waals surface area (Å²) in [5.41, 5.74) is 2.18. The van der Waals surface area contributed by atoms with E-state index in [0.29, 0.717) is 26.1 Å². The molecule has 1 saturated carbocycles. The minimum Gasteiger partial charge on any atom is -0.352 e. The molecule has 0 radical (unpaired) electrons. The normalized spacial score (nSPS) is 18.4. The van der Waals surface area contributed by atoms with E-state index in [4.69, 9.17) is 0 Å². The van der Waals surface area contributed by atoms with Crippen molar-refractivity contribution in [3.63, 3.8) is 0 Å². The molecular formula is C21H24N2O2. The largest absolute Gasteiger partial charge is 0.352 e. The fourth-order valence-corrected chi connectivity index (χ4v) is 3.06. The van der Waals surface area contributed by atoms with Crippen molar-refractivity contribution in [1.82, 2.24) is 10.2 Å². The van der Waals surface area contributed by atoms with Crippen LogP contribution in [-0.2, 0) is 22.7 Å². The van der Waals surface area contributed by atoms with Crippen molar-refractivity contribution in [1.29, 1.82) is 0 Å². The summed E-state index contributed by atoms with van der Waals surface area (Å²) in [6.07, 6.45) is 0.657. The molecule has 2 atom stereocenters. The lowest BCUT2D eigenvalue weighted by atomic mass is 10.2. The molecule has 1 N–H and O–H groups in total. The van der Waals surface area contributed by atoms with Crippen molar-refractivity contribution >= 4 is 11.8 Å². The number of carbonyl (C=O) groups excluding carboxylic acids is 2. The van der Waals surface area contributed by atoms with Gasteiger partial charge in [-0.15, -0.1) is 0 Å². The molecule has 1 fully saturated rings. The number of nitrogens with one attached hydrogen (secondary N) is 1. The predicted octanol–water partition coefficient (Wildman–Crippen LogP) is 2.99. The van der Waals surface area contributed by atoms with Gasteiger partial charge in [0, 0.05) is 19.6 Å². The number of benzene rings is 2. The highest BCUT2D eigenvalue weighted by Crippen LogP contribution is 2.40. The van der Waals surface area contributed by atoms with E-state index < -0.39 is 0 Å². The van der Waals surface area contributed by atoms with Crippen LogP contribution in [0.15, 0.2) is 60.7 Å². The topological polar surface area (TPSA) is 49.4 Å². The summed E-state index contributed by atoms with van der Waals surface area (Å²) in [5.74, 6) is -0.273. The van der Waals surface area contributed by atoms with Gasteiger partial charge >= 0.3 is 0 Å². The molecular weight excluding hydrogens is 312 g/mol. The average molecular weight is 336 g/mol. The molecule has 4 heteroatoms. The first kappa shape index (κ1) is 17.2. The zero-order valence-electron chi connectivity index (χ0n) is 14.5. The van der Waals surface area contributed by atoms with Gasteiger partial charge < -0.3 is 10.2 Å². The van der Waals surface area contributed by atoms with E-state index >= 15 is 0 Å². The number of rotatable bonds is 7. The summed E-state index contributed by atoms with van der Waals surface area (Å²) in [7, 11) is 0. The molecule has 0 saturated heterocycles. The van der Waals surface area contributed by atoms with E-state index in [0.717, 1.165) is 11.1 Å². The maximum absolute atomic E-state index is 12.7. The summed E-state index contributed by atoms with van der Waals surface area (Å²) in [6.45, 7) is 3.75. The summed E-state index contributed by atoms with van der Waals surface area (Å²) >= 11 is 0. The molecule has 130 valence electrons. The maximum atomic E-state index is 12.7. The highest BCUT2D eigenvalue weighted by Gasteiger charge is 2.49. The minimum atomic E-state index is -0.180. The lowest BCUT2D eigenvalue weighted by molar-refractivity contribution is -0.135. The number of hydrogen-bond acceptors (Lipinski definition) is 2. The average Bonchev–Trinajstić information content (AvgIpc) is 3.46. The lowest BCUT2D eigenvalue weighted by Crippen LogP contribution is -2.33. The van der Waals surface area contributed by atoms with Crippen LogP contribution in [0.3, 0.4) is 0 Å². The van der Waals surface area contributed by atoms with Gasteiger partial charge in [0.25, 0.3) is 0 Å². The van der Waals surface area contributed by atoms with Gasteiger partial charge in [0.2, 0.25) is 11.8 Å². The second-order valence-corrected chi connectivity index (χ2v) is 6.49. The second-order valence-electron chi connectivity index (χ2n) is 6.49. The van der Waals surface area contributed by atoms with Crippen molar-refractivity contribution in [3.05, 3.63) is 71.8 Å². The minimum absolute atomic E-state index is 0.0158. The summed E-state index contributed by atoms with van der Waals surface area (Å²) < 4.78 is 0. The Hall–Kier alpha value is -2.62. The molecule has 2 unspecified atom stereocenters. The molecule has 0 spiro atoms. The zero-order valence-corrected chi connectivity index (χ0v) is 14.5. The van der Waals surface area contributed by atoms with Gasteiger partial charge in [-0.05, 0) is 24.5 Å². The van der Waals surface area contributed by atoms with Gasteiger partial charge in [-0.2, -0.15) is 0 Å². The van der Waals surface area contributed by atoms with Crippen LogP contribution in [-0.4, -0.2) is 23.3 Å². The molecule has 2 amide bonds.